The number of rotatable bonds is 4. The molecule has 1 amide bonds. The predicted octanol–water partition coefficient (Wildman–Crippen LogP) is -1.76. The summed E-state index contributed by atoms with van der Waals surface area (Å²) in [5.41, 5.74) is 5.16. The van der Waals surface area contributed by atoms with Crippen LogP contribution >= 0.6 is 0 Å². The molecule has 0 aromatic carbocycles. The van der Waals surface area contributed by atoms with Gasteiger partial charge in [-0.25, -0.2) is 0 Å². The molecule has 0 saturated heterocycles. The first-order valence-corrected chi connectivity index (χ1v) is 3.39. The van der Waals surface area contributed by atoms with E-state index in [0.29, 0.717) is 0 Å². The summed E-state index contributed by atoms with van der Waals surface area (Å²) in [5.74, 6) is -1.82. The Labute approximate surface area is 69.4 Å². The number of aliphatic carboxylic acids is 1. The molecular weight excluding hydrogens is 164 g/mol. The van der Waals surface area contributed by atoms with Gasteiger partial charge in [-0.2, -0.15) is 0 Å². The van der Waals surface area contributed by atoms with Crippen LogP contribution in [0, 0.1) is 0 Å². The minimum absolute atomic E-state index is 0.446. The van der Waals surface area contributed by atoms with Crippen LogP contribution in [0.2, 0.25) is 0 Å². The number of amides is 1. The van der Waals surface area contributed by atoms with Gasteiger partial charge in [0.05, 0.1) is 12.5 Å². The van der Waals surface area contributed by atoms with E-state index in [1.807, 2.05) is 0 Å². The zero-order valence-electron chi connectivity index (χ0n) is 6.65. The monoisotopic (exact) mass is 176 g/mol. The van der Waals surface area contributed by atoms with E-state index in [1.165, 1.54) is 6.92 Å². The van der Waals surface area contributed by atoms with E-state index in [4.69, 9.17) is 15.9 Å². The maximum Gasteiger partial charge on any atom is 0.305 e. The molecule has 6 heteroatoms. The fraction of sp³-hybridized carbons (Fsp3) is 0.667. The molecular formula is C6H12N2O4. The SMILES string of the molecule is CC(O)NC(=O)[C@@H](N)CC(=O)O. The second kappa shape index (κ2) is 4.68. The summed E-state index contributed by atoms with van der Waals surface area (Å²) in [6.07, 6.45) is -1.46. The van der Waals surface area contributed by atoms with Crippen molar-refractivity contribution >= 4 is 11.9 Å². The maximum atomic E-state index is 10.8. The summed E-state index contributed by atoms with van der Waals surface area (Å²) >= 11 is 0. The van der Waals surface area contributed by atoms with E-state index in [9.17, 15) is 9.59 Å². The largest absolute Gasteiger partial charge is 0.481 e. The van der Waals surface area contributed by atoms with Gasteiger partial charge in [0.2, 0.25) is 5.91 Å². The number of carboxylic acids is 1. The highest BCUT2D eigenvalue weighted by atomic mass is 16.4. The van der Waals surface area contributed by atoms with Crippen molar-refractivity contribution in [2.45, 2.75) is 25.6 Å². The number of hydrogen-bond donors (Lipinski definition) is 4. The van der Waals surface area contributed by atoms with Crippen molar-refractivity contribution in [1.29, 1.82) is 0 Å². The molecule has 0 aliphatic heterocycles. The molecule has 0 aromatic heterocycles. The number of aliphatic hydroxyl groups excluding tert-OH is 1. The van der Waals surface area contributed by atoms with Gasteiger partial charge in [-0.1, -0.05) is 0 Å². The van der Waals surface area contributed by atoms with Crippen LogP contribution in [-0.2, 0) is 9.59 Å². The first-order valence-electron chi connectivity index (χ1n) is 3.39. The molecule has 0 saturated carbocycles. The highest BCUT2D eigenvalue weighted by Gasteiger charge is 2.17. The Kier molecular flexibility index (Phi) is 4.24. The van der Waals surface area contributed by atoms with E-state index >= 15 is 0 Å². The van der Waals surface area contributed by atoms with E-state index in [0.717, 1.165) is 0 Å². The Hall–Kier alpha value is -1.14. The van der Waals surface area contributed by atoms with Crippen molar-refractivity contribution < 1.29 is 19.8 Å². The fourth-order valence-electron chi connectivity index (χ4n) is 0.594. The Bertz CT molecular complexity index is 180. The quantitative estimate of drug-likeness (QED) is 0.379. The molecule has 0 spiro atoms. The molecule has 70 valence electrons. The summed E-state index contributed by atoms with van der Waals surface area (Å²) in [6, 6.07) is -1.11. The molecule has 0 fully saturated rings. The number of carboxylic acid groups (broad SMARTS) is 1. The zero-order valence-corrected chi connectivity index (χ0v) is 6.65. The Morgan fingerprint density at radius 2 is 2.08 bits per heavy atom. The lowest BCUT2D eigenvalue weighted by molar-refractivity contribution is -0.140. The van der Waals surface area contributed by atoms with Crippen LogP contribution in [0.3, 0.4) is 0 Å². The molecule has 6 nitrogen and oxygen atoms in total. The summed E-state index contributed by atoms with van der Waals surface area (Å²) < 4.78 is 0. The smallest absolute Gasteiger partial charge is 0.305 e. The maximum absolute atomic E-state index is 10.8. The first kappa shape index (κ1) is 10.9. The molecule has 0 aromatic rings. The normalized spacial score (nSPS) is 14.9. The van der Waals surface area contributed by atoms with Gasteiger partial charge in [-0.05, 0) is 6.92 Å². The molecule has 0 bridgehead atoms. The van der Waals surface area contributed by atoms with Crippen LogP contribution in [0.1, 0.15) is 13.3 Å². The van der Waals surface area contributed by atoms with Crippen LogP contribution < -0.4 is 11.1 Å². The van der Waals surface area contributed by atoms with Crippen molar-refractivity contribution in [1.82, 2.24) is 5.32 Å². The van der Waals surface area contributed by atoms with Crippen LogP contribution in [0.4, 0.5) is 0 Å². The summed E-state index contributed by atoms with van der Waals surface area (Å²) in [5, 5.41) is 19.0. The van der Waals surface area contributed by atoms with Crippen molar-refractivity contribution in [3.63, 3.8) is 0 Å². The lowest BCUT2D eigenvalue weighted by Crippen LogP contribution is -2.45. The highest BCUT2D eigenvalue weighted by Crippen LogP contribution is 1.88. The number of nitrogens with one attached hydrogen (secondary N) is 1. The predicted molar refractivity (Wildman–Crippen MR) is 40.1 cm³/mol. The third-order valence-electron chi connectivity index (χ3n) is 1.08. The minimum Gasteiger partial charge on any atom is -0.481 e. The van der Waals surface area contributed by atoms with Crippen LogP contribution in [0.5, 0.6) is 0 Å². The molecule has 12 heavy (non-hydrogen) atoms. The van der Waals surface area contributed by atoms with E-state index in [-0.39, 0.29) is 0 Å². The van der Waals surface area contributed by atoms with Crippen molar-refractivity contribution in [2.24, 2.45) is 5.73 Å². The Balaban J connectivity index is 3.85. The van der Waals surface area contributed by atoms with E-state index < -0.39 is 30.6 Å². The Morgan fingerprint density at radius 1 is 1.58 bits per heavy atom. The molecule has 0 aliphatic carbocycles. The van der Waals surface area contributed by atoms with E-state index in [2.05, 4.69) is 5.32 Å². The van der Waals surface area contributed by atoms with Crippen LogP contribution in [0.15, 0.2) is 0 Å². The average Bonchev–Trinajstić information content (AvgIpc) is 1.84. The second-order valence-corrected chi connectivity index (χ2v) is 2.39. The lowest BCUT2D eigenvalue weighted by atomic mass is 10.2. The molecule has 1 unspecified atom stereocenters. The van der Waals surface area contributed by atoms with Gasteiger partial charge in [-0.15, -0.1) is 0 Å². The van der Waals surface area contributed by atoms with Gasteiger partial charge in [0.1, 0.15) is 6.23 Å². The van der Waals surface area contributed by atoms with Crippen molar-refractivity contribution in [3.8, 4) is 0 Å². The van der Waals surface area contributed by atoms with Gasteiger partial charge >= 0.3 is 5.97 Å². The molecule has 0 rings (SSSR count). The topological polar surface area (TPSA) is 113 Å². The number of hydrogen-bond acceptors (Lipinski definition) is 4. The molecule has 0 heterocycles. The Morgan fingerprint density at radius 3 is 2.42 bits per heavy atom. The number of aliphatic hydroxyl groups is 1. The van der Waals surface area contributed by atoms with Crippen molar-refractivity contribution in [3.05, 3.63) is 0 Å². The fourth-order valence-corrected chi connectivity index (χ4v) is 0.594. The van der Waals surface area contributed by atoms with Gasteiger partial charge < -0.3 is 21.3 Å². The summed E-state index contributed by atoms with van der Waals surface area (Å²) in [6.45, 7) is 1.34. The molecule has 2 atom stereocenters. The average molecular weight is 176 g/mol. The van der Waals surface area contributed by atoms with Gasteiger partial charge in [0.15, 0.2) is 0 Å². The zero-order chi connectivity index (χ0) is 9.72. The van der Waals surface area contributed by atoms with Crippen LogP contribution in [0.25, 0.3) is 0 Å². The summed E-state index contributed by atoms with van der Waals surface area (Å²) in [4.78, 5) is 20.9. The first-order chi connectivity index (χ1) is 5.43. The van der Waals surface area contributed by atoms with Gasteiger partial charge in [0, 0.05) is 0 Å². The van der Waals surface area contributed by atoms with E-state index in [1.54, 1.807) is 0 Å². The number of carbonyl (C=O) groups is 2. The summed E-state index contributed by atoms with van der Waals surface area (Å²) in [7, 11) is 0. The van der Waals surface area contributed by atoms with Gasteiger partial charge in [0.25, 0.3) is 0 Å². The lowest BCUT2D eigenvalue weighted by Gasteiger charge is -2.11. The molecule has 0 radical (unpaired) electrons. The third-order valence-corrected chi connectivity index (χ3v) is 1.08. The van der Waals surface area contributed by atoms with Gasteiger partial charge in [-0.3, -0.25) is 9.59 Å². The second-order valence-electron chi connectivity index (χ2n) is 2.39. The van der Waals surface area contributed by atoms with Crippen LogP contribution in [-0.4, -0.2) is 34.4 Å². The highest BCUT2D eigenvalue weighted by molar-refractivity contribution is 5.85. The molecule has 5 N–H and O–H groups in total. The third kappa shape index (κ3) is 4.64. The standard InChI is InChI=1S/C6H12N2O4/c1-3(9)8-6(12)4(7)2-5(10)11/h3-4,9H,2,7H2,1H3,(H,8,12)(H,10,11)/t3?,4-/m0/s1. The number of nitrogens with two attached hydrogens (primary N) is 1. The number of carbonyl (C=O) groups excluding carboxylic acids is 1. The molecule has 0 aliphatic rings. The minimum atomic E-state index is -1.15. The van der Waals surface area contributed by atoms with Crippen molar-refractivity contribution in [2.75, 3.05) is 0 Å².